The van der Waals surface area contributed by atoms with Crippen LogP contribution in [0.25, 0.3) is 0 Å². The molecule has 4 nitrogen and oxygen atoms in total. The van der Waals surface area contributed by atoms with Crippen LogP contribution in [0.2, 0.25) is 0 Å². The minimum absolute atomic E-state index is 0.247. The van der Waals surface area contributed by atoms with Crippen LogP contribution >= 0.6 is 0 Å². The molecule has 4 heteroatoms. The standard InChI is InChI=1S/C15H27N3O/c1-3-13-11-15(18(4-2)16-13)12-17(9-10-19)14-7-5-6-8-14/h11,14,19H,3-10,12H2,1-2H3. The van der Waals surface area contributed by atoms with Gasteiger partial charge in [-0.05, 0) is 32.3 Å². The topological polar surface area (TPSA) is 41.3 Å². The van der Waals surface area contributed by atoms with Crippen LogP contribution in [0.1, 0.15) is 50.9 Å². The average molecular weight is 265 g/mol. The normalized spacial score (nSPS) is 16.6. The minimum Gasteiger partial charge on any atom is -0.395 e. The maximum atomic E-state index is 9.29. The molecule has 0 amide bonds. The molecule has 0 bridgehead atoms. The molecule has 2 rings (SSSR count). The van der Waals surface area contributed by atoms with Crippen LogP contribution in [0.4, 0.5) is 0 Å². The lowest BCUT2D eigenvalue weighted by Gasteiger charge is -2.28. The lowest BCUT2D eigenvalue weighted by atomic mass is 10.2. The van der Waals surface area contributed by atoms with E-state index in [1.54, 1.807) is 0 Å². The first kappa shape index (κ1) is 14.5. The van der Waals surface area contributed by atoms with E-state index in [9.17, 15) is 5.11 Å². The summed E-state index contributed by atoms with van der Waals surface area (Å²) >= 11 is 0. The fourth-order valence-electron chi connectivity index (χ4n) is 3.09. The number of aryl methyl sites for hydroxylation is 2. The van der Waals surface area contributed by atoms with Crippen molar-refractivity contribution in [1.82, 2.24) is 14.7 Å². The Morgan fingerprint density at radius 3 is 2.68 bits per heavy atom. The van der Waals surface area contributed by atoms with Crippen molar-refractivity contribution in [3.05, 3.63) is 17.5 Å². The van der Waals surface area contributed by atoms with Crippen molar-refractivity contribution < 1.29 is 5.11 Å². The Morgan fingerprint density at radius 1 is 1.37 bits per heavy atom. The van der Waals surface area contributed by atoms with Gasteiger partial charge in [-0.25, -0.2) is 0 Å². The van der Waals surface area contributed by atoms with Crippen molar-refractivity contribution in [3.8, 4) is 0 Å². The molecule has 108 valence electrons. The van der Waals surface area contributed by atoms with Crippen LogP contribution < -0.4 is 0 Å². The summed E-state index contributed by atoms with van der Waals surface area (Å²) in [6.45, 7) is 7.16. The highest BCUT2D eigenvalue weighted by Gasteiger charge is 2.23. The largest absolute Gasteiger partial charge is 0.395 e. The first-order valence-electron chi connectivity index (χ1n) is 7.69. The lowest BCUT2D eigenvalue weighted by Crippen LogP contribution is -2.35. The Bertz CT molecular complexity index is 383. The molecule has 19 heavy (non-hydrogen) atoms. The smallest absolute Gasteiger partial charge is 0.0625 e. The predicted octanol–water partition coefficient (Wildman–Crippen LogP) is 2.20. The third-order valence-electron chi connectivity index (χ3n) is 4.17. The van der Waals surface area contributed by atoms with E-state index in [4.69, 9.17) is 0 Å². The molecule has 1 aliphatic rings. The summed E-state index contributed by atoms with van der Waals surface area (Å²) in [4.78, 5) is 2.44. The highest BCUT2D eigenvalue weighted by Crippen LogP contribution is 2.24. The second-order valence-electron chi connectivity index (χ2n) is 5.43. The number of aliphatic hydroxyl groups is 1. The molecule has 0 radical (unpaired) electrons. The van der Waals surface area contributed by atoms with Crippen LogP contribution in [0, 0.1) is 0 Å². The fourth-order valence-corrected chi connectivity index (χ4v) is 3.09. The molecule has 1 aliphatic carbocycles. The van der Waals surface area contributed by atoms with E-state index in [0.29, 0.717) is 6.04 Å². The maximum Gasteiger partial charge on any atom is 0.0625 e. The fraction of sp³-hybridized carbons (Fsp3) is 0.800. The first-order valence-corrected chi connectivity index (χ1v) is 7.69. The monoisotopic (exact) mass is 265 g/mol. The summed E-state index contributed by atoms with van der Waals surface area (Å²) in [5.74, 6) is 0. The minimum atomic E-state index is 0.247. The maximum absolute atomic E-state index is 9.29. The van der Waals surface area contributed by atoms with Gasteiger partial charge in [-0.1, -0.05) is 19.8 Å². The molecule has 1 saturated carbocycles. The van der Waals surface area contributed by atoms with Gasteiger partial charge in [-0.2, -0.15) is 5.10 Å². The van der Waals surface area contributed by atoms with Crippen LogP contribution in [0.5, 0.6) is 0 Å². The van der Waals surface area contributed by atoms with Crippen LogP contribution in [0.15, 0.2) is 6.07 Å². The predicted molar refractivity (Wildman–Crippen MR) is 77.0 cm³/mol. The van der Waals surface area contributed by atoms with Crippen molar-refractivity contribution in [2.75, 3.05) is 13.2 Å². The van der Waals surface area contributed by atoms with Crippen molar-refractivity contribution in [2.45, 2.75) is 65.1 Å². The van der Waals surface area contributed by atoms with E-state index in [0.717, 1.165) is 26.1 Å². The average Bonchev–Trinajstić information content (AvgIpc) is 3.07. The number of nitrogens with zero attached hydrogens (tertiary/aromatic N) is 3. The van der Waals surface area contributed by atoms with Crippen molar-refractivity contribution in [1.29, 1.82) is 0 Å². The Kier molecular flexibility index (Phi) is 5.40. The van der Waals surface area contributed by atoms with E-state index < -0.39 is 0 Å². The number of hydrogen-bond donors (Lipinski definition) is 1. The summed E-state index contributed by atoms with van der Waals surface area (Å²) in [7, 11) is 0. The Labute approximate surface area is 116 Å². The summed E-state index contributed by atoms with van der Waals surface area (Å²) in [6, 6.07) is 2.88. The van der Waals surface area contributed by atoms with Gasteiger partial charge >= 0.3 is 0 Å². The quantitative estimate of drug-likeness (QED) is 0.822. The van der Waals surface area contributed by atoms with E-state index in [1.165, 1.54) is 37.1 Å². The van der Waals surface area contributed by atoms with Gasteiger partial charge in [0, 0.05) is 25.7 Å². The molecule has 0 unspecified atom stereocenters. The summed E-state index contributed by atoms with van der Waals surface area (Å²) in [5, 5.41) is 13.9. The lowest BCUT2D eigenvalue weighted by molar-refractivity contribution is 0.141. The summed E-state index contributed by atoms with van der Waals surface area (Å²) < 4.78 is 2.11. The van der Waals surface area contributed by atoms with Crippen molar-refractivity contribution in [3.63, 3.8) is 0 Å². The van der Waals surface area contributed by atoms with Crippen LogP contribution in [-0.2, 0) is 19.5 Å². The Morgan fingerprint density at radius 2 is 2.11 bits per heavy atom. The zero-order valence-corrected chi connectivity index (χ0v) is 12.3. The molecule has 0 spiro atoms. The highest BCUT2D eigenvalue weighted by atomic mass is 16.3. The molecule has 1 N–H and O–H groups in total. The molecule has 0 saturated heterocycles. The number of rotatable bonds is 7. The first-order chi connectivity index (χ1) is 9.28. The molecule has 1 heterocycles. The molecular formula is C15H27N3O. The van der Waals surface area contributed by atoms with Crippen LogP contribution in [0.3, 0.4) is 0 Å². The molecule has 1 aromatic rings. The Hall–Kier alpha value is -0.870. The number of aromatic nitrogens is 2. The van der Waals surface area contributed by atoms with E-state index in [1.807, 2.05) is 0 Å². The third kappa shape index (κ3) is 3.57. The molecule has 1 aromatic heterocycles. The van der Waals surface area contributed by atoms with Gasteiger partial charge in [-0.3, -0.25) is 9.58 Å². The molecule has 0 aliphatic heterocycles. The molecule has 0 aromatic carbocycles. The van der Waals surface area contributed by atoms with Gasteiger partial charge in [0.05, 0.1) is 18.0 Å². The number of hydrogen-bond acceptors (Lipinski definition) is 3. The van der Waals surface area contributed by atoms with Gasteiger partial charge in [0.1, 0.15) is 0 Å². The zero-order valence-electron chi connectivity index (χ0n) is 12.3. The SMILES string of the molecule is CCc1cc(CN(CCO)C2CCCC2)n(CC)n1. The van der Waals surface area contributed by atoms with Crippen molar-refractivity contribution in [2.24, 2.45) is 0 Å². The van der Waals surface area contributed by atoms with Crippen molar-refractivity contribution >= 4 is 0 Å². The van der Waals surface area contributed by atoms with E-state index in [-0.39, 0.29) is 6.61 Å². The third-order valence-corrected chi connectivity index (χ3v) is 4.17. The molecular weight excluding hydrogens is 238 g/mol. The van der Waals surface area contributed by atoms with Gasteiger partial charge in [0.15, 0.2) is 0 Å². The highest BCUT2D eigenvalue weighted by molar-refractivity contribution is 5.10. The van der Waals surface area contributed by atoms with Gasteiger partial charge in [0.25, 0.3) is 0 Å². The summed E-state index contributed by atoms with van der Waals surface area (Å²) in [6.07, 6.45) is 6.21. The van der Waals surface area contributed by atoms with Gasteiger partial charge < -0.3 is 5.11 Å². The zero-order chi connectivity index (χ0) is 13.7. The molecule has 0 atom stereocenters. The number of aliphatic hydroxyl groups excluding tert-OH is 1. The van der Waals surface area contributed by atoms with Gasteiger partial charge in [-0.15, -0.1) is 0 Å². The van der Waals surface area contributed by atoms with Crippen LogP contribution in [-0.4, -0.2) is 39.0 Å². The second-order valence-corrected chi connectivity index (χ2v) is 5.43. The Balaban J connectivity index is 2.08. The summed E-state index contributed by atoms with van der Waals surface area (Å²) in [5.41, 5.74) is 2.46. The van der Waals surface area contributed by atoms with Gasteiger partial charge in [0.2, 0.25) is 0 Å². The van der Waals surface area contributed by atoms with E-state index >= 15 is 0 Å². The molecule has 1 fully saturated rings. The second kappa shape index (κ2) is 7.06. The van der Waals surface area contributed by atoms with E-state index in [2.05, 4.69) is 34.6 Å².